The minimum atomic E-state index is -0.0768. The van der Waals surface area contributed by atoms with Gasteiger partial charge in [-0.25, -0.2) is 0 Å². The molecule has 2 saturated carbocycles. The Balaban J connectivity index is 0.000000171. The molecule has 0 saturated heterocycles. The second-order valence-electron chi connectivity index (χ2n) is 11.6. The first-order chi connectivity index (χ1) is 20.9. The topological polar surface area (TPSA) is 108 Å². The molecule has 7 nitrogen and oxygen atoms in total. The van der Waals surface area contributed by atoms with E-state index in [0.29, 0.717) is 23.3 Å². The zero-order chi connectivity index (χ0) is 30.3. The van der Waals surface area contributed by atoms with Gasteiger partial charge in [0.1, 0.15) is 11.5 Å². The average molecular weight is 647 g/mol. The summed E-state index contributed by atoms with van der Waals surface area (Å²) in [5, 5.41) is 11.0. The molecule has 0 amide bonds. The maximum Gasteiger partial charge on any atom is 0.255 e. The monoisotopic (exact) mass is 645 g/mol. The number of nitrogens with zero attached hydrogens (tertiary/aromatic N) is 1. The molecule has 0 unspecified atom stereocenters. The number of nitriles is 1. The highest BCUT2D eigenvalue weighted by Gasteiger charge is 2.23. The summed E-state index contributed by atoms with van der Waals surface area (Å²) in [5.74, 6) is 1.48. The van der Waals surface area contributed by atoms with Crippen molar-refractivity contribution in [2.75, 3.05) is 0 Å². The fraction of sp³-hybridized carbons (Fsp3) is 0.457. The number of hydrogen-bond donors (Lipinski definition) is 2. The number of rotatable bonds is 8. The van der Waals surface area contributed by atoms with Gasteiger partial charge in [-0.15, -0.1) is 0 Å². The number of halogens is 1. The summed E-state index contributed by atoms with van der Waals surface area (Å²) >= 11 is 3.51. The van der Waals surface area contributed by atoms with E-state index >= 15 is 0 Å². The lowest BCUT2D eigenvalue weighted by atomic mass is 10.0. The maximum atomic E-state index is 12.4. The second-order valence-corrected chi connectivity index (χ2v) is 12.5. The van der Waals surface area contributed by atoms with Gasteiger partial charge in [-0.3, -0.25) is 9.59 Å². The maximum absolute atomic E-state index is 12.4. The smallest absolute Gasteiger partial charge is 0.255 e. The van der Waals surface area contributed by atoms with Crippen LogP contribution in [0.2, 0.25) is 0 Å². The first-order valence-corrected chi connectivity index (χ1v) is 16.5. The van der Waals surface area contributed by atoms with Crippen molar-refractivity contribution in [1.29, 1.82) is 5.26 Å². The summed E-state index contributed by atoms with van der Waals surface area (Å²) in [4.78, 5) is 30.6. The Kier molecular flexibility index (Phi) is 10.2. The molecule has 8 heteroatoms. The predicted molar refractivity (Wildman–Crippen MR) is 175 cm³/mol. The van der Waals surface area contributed by atoms with Crippen LogP contribution in [0.25, 0.3) is 21.8 Å². The second kappa shape index (κ2) is 14.3. The SMILES string of the molecule is CCCc1c(OC2CCCC2)c2cc(Br)ccc2[nH]c1=O.CCCc1c(OC2CCCC2)c2cc(C#N)ccc2[nH]c1=O. The molecule has 0 bridgehead atoms. The third-order valence-electron chi connectivity index (χ3n) is 8.39. The highest BCUT2D eigenvalue weighted by atomic mass is 79.9. The van der Waals surface area contributed by atoms with E-state index in [0.717, 1.165) is 82.5 Å². The standard InChI is InChI=1S/C18H20N2O2.C17H20BrNO2/c1-2-5-14-17(22-13-6-3-4-7-13)15-10-12(11-19)8-9-16(15)20-18(14)21;1-2-5-13-16(21-12-6-3-4-7-12)14-10-11(18)8-9-15(14)19-17(13)20/h8-10,13H,2-7H2,1H3,(H,20,21);8-10,12H,2-7H2,1H3,(H,19,20). The van der Waals surface area contributed by atoms with Crippen LogP contribution in [-0.2, 0) is 12.8 Å². The number of pyridine rings is 2. The number of aromatic amines is 2. The van der Waals surface area contributed by atoms with E-state index in [1.165, 1.54) is 25.7 Å². The van der Waals surface area contributed by atoms with Crippen molar-refractivity contribution in [3.05, 3.63) is 78.3 Å². The molecule has 43 heavy (non-hydrogen) atoms. The van der Waals surface area contributed by atoms with Crippen molar-refractivity contribution < 1.29 is 9.47 Å². The van der Waals surface area contributed by atoms with Crippen molar-refractivity contribution in [3.8, 4) is 17.6 Å². The summed E-state index contributed by atoms with van der Waals surface area (Å²) in [7, 11) is 0. The molecule has 2 heterocycles. The van der Waals surface area contributed by atoms with Gasteiger partial charge in [0.2, 0.25) is 0 Å². The van der Waals surface area contributed by atoms with E-state index in [1.54, 1.807) is 12.1 Å². The van der Waals surface area contributed by atoms with Gasteiger partial charge in [-0.2, -0.15) is 5.26 Å². The summed E-state index contributed by atoms with van der Waals surface area (Å²) in [6, 6.07) is 13.4. The number of H-pyrrole nitrogens is 2. The Morgan fingerprint density at radius 1 is 0.767 bits per heavy atom. The summed E-state index contributed by atoms with van der Waals surface area (Å²) in [5.41, 5.74) is 3.56. The van der Waals surface area contributed by atoms with E-state index in [2.05, 4.69) is 45.8 Å². The highest BCUT2D eigenvalue weighted by Crippen LogP contribution is 2.34. The third kappa shape index (κ3) is 7.15. The van der Waals surface area contributed by atoms with Gasteiger partial charge in [-0.1, -0.05) is 42.6 Å². The van der Waals surface area contributed by atoms with E-state index < -0.39 is 0 Å². The summed E-state index contributed by atoms with van der Waals surface area (Å²) < 4.78 is 13.5. The van der Waals surface area contributed by atoms with Crippen molar-refractivity contribution in [2.24, 2.45) is 0 Å². The Labute approximate surface area is 260 Å². The lowest BCUT2D eigenvalue weighted by molar-refractivity contribution is 0.210. The van der Waals surface area contributed by atoms with E-state index in [4.69, 9.17) is 14.7 Å². The zero-order valence-electron chi connectivity index (χ0n) is 25.1. The first kappa shape index (κ1) is 30.9. The Bertz CT molecular complexity index is 1740. The van der Waals surface area contributed by atoms with Gasteiger partial charge >= 0.3 is 0 Å². The molecular weight excluding hydrogens is 606 g/mol. The van der Waals surface area contributed by atoms with Gasteiger partial charge in [0.25, 0.3) is 11.1 Å². The molecule has 2 aromatic heterocycles. The summed E-state index contributed by atoms with van der Waals surface area (Å²) in [6.45, 7) is 4.14. The number of benzene rings is 2. The van der Waals surface area contributed by atoms with Gasteiger partial charge < -0.3 is 19.4 Å². The molecule has 2 N–H and O–H groups in total. The van der Waals surface area contributed by atoms with Crippen LogP contribution in [0.4, 0.5) is 0 Å². The minimum absolute atomic E-state index is 0.0142. The van der Waals surface area contributed by atoms with Crippen molar-refractivity contribution >= 4 is 37.7 Å². The van der Waals surface area contributed by atoms with Crippen LogP contribution < -0.4 is 20.6 Å². The normalized spacial score (nSPS) is 15.4. The number of hydrogen-bond acceptors (Lipinski definition) is 5. The fourth-order valence-corrected chi connectivity index (χ4v) is 6.58. The van der Waals surface area contributed by atoms with E-state index in [-0.39, 0.29) is 23.3 Å². The average Bonchev–Trinajstić information content (AvgIpc) is 3.72. The van der Waals surface area contributed by atoms with Crippen LogP contribution in [0, 0.1) is 11.3 Å². The van der Waals surface area contributed by atoms with Crippen LogP contribution in [0.5, 0.6) is 11.5 Å². The number of ether oxygens (including phenoxy) is 2. The van der Waals surface area contributed by atoms with Gasteiger partial charge in [0, 0.05) is 15.2 Å². The van der Waals surface area contributed by atoms with Crippen LogP contribution in [0.15, 0.2) is 50.5 Å². The van der Waals surface area contributed by atoms with Crippen LogP contribution in [0.3, 0.4) is 0 Å². The van der Waals surface area contributed by atoms with Crippen LogP contribution in [-0.4, -0.2) is 22.2 Å². The van der Waals surface area contributed by atoms with Crippen molar-refractivity contribution in [1.82, 2.24) is 9.97 Å². The summed E-state index contributed by atoms with van der Waals surface area (Å²) in [6.07, 6.45) is 12.8. The molecule has 2 aliphatic carbocycles. The minimum Gasteiger partial charge on any atom is -0.489 e. The lowest BCUT2D eigenvalue weighted by Gasteiger charge is -2.18. The number of nitrogens with one attached hydrogen (secondary N) is 2. The molecule has 0 atom stereocenters. The molecular formula is C35H40BrN3O4. The quantitative estimate of drug-likeness (QED) is 0.201. The van der Waals surface area contributed by atoms with Crippen molar-refractivity contribution in [3.63, 3.8) is 0 Å². The van der Waals surface area contributed by atoms with Gasteiger partial charge in [0.15, 0.2) is 0 Å². The highest BCUT2D eigenvalue weighted by molar-refractivity contribution is 9.10. The molecule has 6 rings (SSSR count). The van der Waals surface area contributed by atoms with Gasteiger partial charge in [-0.05, 0) is 101 Å². The first-order valence-electron chi connectivity index (χ1n) is 15.7. The van der Waals surface area contributed by atoms with E-state index in [1.807, 2.05) is 24.3 Å². The molecule has 226 valence electrons. The zero-order valence-corrected chi connectivity index (χ0v) is 26.6. The molecule has 0 spiro atoms. The predicted octanol–water partition coefficient (Wildman–Crippen LogP) is 8.24. The fourth-order valence-electron chi connectivity index (χ4n) is 6.22. The number of fused-ring (bicyclic) bond motifs is 2. The lowest BCUT2D eigenvalue weighted by Crippen LogP contribution is -2.19. The third-order valence-corrected chi connectivity index (χ3v) is 8.88. The largest absolute Gasteiger partial charge is 0.489 e. The Morgan fingerprint density at radius 3 is 1.70 bits per heavy atom. The van der Waals surface area contributed by atoms with Crippen LogP contribution in [0.1, 0.15) is 94.7 Å². The Hall–Kier alpha value is -3.57. The molecule has 2 fully saturated rings. The molecule has 0 aliphatic heterocycles. The van der Waals surface area contributed by atoms with E-state index in [9.17, 15) is 9.59 Å². The molecule has 4 aromatic rings. The molecule has 2 aliphatic rings. The molecule has 2 aromatic carbocycles. The molecule has 0 radical (unpaired) electrons. The number of aromatic nitrogens is 2. The van der Waals surface area contributed by atoms with Crippen molar-refractivity contribution in [2.45, 2.75) is 103 Å². The van der Waals surface area contributed by atoms with Crippen LogP contribution >= 0.6 is 15.9 Å². The Morgan fingerprint density at radius 2 is 1.23 bits per heavy atom. The van der Waals surface area contributed by atoms with Gasteiger partial charge in [0.05, 0.1) is 46.0 Å².